The highest BCUT2D eigenvalue weighted by Gasteiger charge is 2.28. The highest BCUT2D eigenvalue weighted by molar-refractivity contribution is 6.00. The fraction of sp³-hybridized carbons (Fsp3) is 0.588. The van der Waals surface area contributed by atoms with Gasteiger partial charge in [0.2, 0.25) is 0 Å². The van der Waals surface area contributed by atoms with Crippen molar-refractivity contribution in [2.24, 2.45) is 5.92 Å². The average molecular weight is 273 g/mol. The second kappa shape index (κ2) is 5.96. The highest BCUT2D eigenvalue weighted by atomic mass is 16.5. The standard InChI is InChI=1S/C17H23NO2/c1-13-5-6-16-15(11-13)17(19)14(7-10-20-16)12-18-8-3-2-4-9-18/h5-6,11,14H,2-4,7-10,12H2,1H3. The maximum absolute atomic E-state index is 12.8. The normalized spacial score (nSPS) is 23.9. The lowest BCUT2D eigenvalue weighted by atomic mass is 9.93. The average Bonchev–Trinajstić information content (AvgIpc) is 2.61. The van der Waals surface area contributed by atoms with Gasteiger partial charge in [-0.05, 0) is 51.4 Å². The summed E-state index contributed by atoms with van der Waals surface area (Å²) in [5.41, 5.74) is 1.91. The number of hydrogen-bond donors (Lipinski definition) is 0. The molecule has 0 saturated carbocycles. The van der Waals surface area contributed by atoms with Gasteiger partial charge in [-0.25, -0.2) is 0 Å². The van der Waals surface area contributed by atoms with Crippen LogP contribution < -0.4 is 4.74 Å². The Morgan fingerprint density at radius 2 is 2.05 bits per heavy atom. The van der Waals surface area contributed by atoms with Crippen molar-refractivity contribution in [3.05, 3.63) is 29.3 Å². The van der Waals surface area contributed by atoms with E-state index in [9.17, 15) is 4.79 Å². The monoisotopic (exact) mass is 273 g/mol. The number of likely N-dealkylation sites (tertiary alicyclic amines) is 1. The van der Waals surface area contributed by atoms with Gasteiger partial charge in [-0.2, -0.15) is 0 Å². The third-order valence-electron chi connectivity index (χ3n) is 4.42. The first kappa shape index (κ1) is 13.6. The van der Waals surface area contributed by atoms with Gasteiger partial charge in [0.05, 0.1) is 12.2 Å². The van der Waals surface area contributed by atoms with E-state index >= 15 is 0 Å². The van der Waals surface area contributed by atoms with Crippen LogP contribution in [0.15, 0.2) is 18.2 Å². The molecule has 0 amide bonds. The summed E-state index contributed by atoms with van der Waals surface area (Å²) in [6.07, 6.45) is 4.71. The van der Waals surface area contributed by atoms with Gasteiger partial charge in [0.15, 0.2) is 5.78 Å². The van der Waals surface area contributed by atoms with Crippen molar-refractivity contribution < 1.29 is 9.53 Å². The van der Waals surface area contributed by atoms with Crippen LogP contribution in [0.3, 0.4) is 0 Å². The smallest absolute Gasteiger partial charge is 0.171 e. The van der Waals surface area contributed by atoms with Crippen molar-refractivity contribution in [2.75, 3.05) is 26.2 Å². The minimum Gasteiger partial charge on any atom is -0.493 e. The SMILES string of the molecule is Cc1ccc2c(c1)C(=O)C(CN1CCCCC1)CCO2. The van der Waals surface area contributed by atoms with Crippen molar-refractivity contribution in [3.63, 3.8) is 0 Å². The van der Waals surface area contributed by atoms with E-state index in [2.05, 4.69) is 4.90 Å². The van der Waals surface area contributed by atoms with Gasteiger partial charge in [-0.15, -0.1) is 0 Å². The molecule has 2 aliphatic rings. The molecule has 0 aromatic heterocycles. The van der Waals surface area contributed by atoms with E-state index in [1.165, 1.54) is 19.3 Å². The van der Waals surface area contributed by atoms with Crippen LogP contribution in [0.25, 0.3) is 0 Å². The van der Waals surface area contributed by atoms with E-state index in [-0.39, 0.29) is 11.7 Å². The molecule has 3 heteroatoms. The molecule has 20 heavy (non-hydrogen) atoms. The van der Waals surface area contributed by atoms with Crippen molar-refractivity contribution >= 4 is 5.78 Å². The third-order valence-corrected chi connectivity index (χ3v) is 4.42. The number of hydrogen-bond acceptors (Lipinski definition) is 3. The Morgan fingerprint density at radius 3 is 2.85 bits per heavy atom. The molecule has 2 aliphatic heterocycles. The zero-order chi connectivity index (χ0) is 13.9. The molecule has 0 bridgehead atoms. The second-order valence-electron chi connectivity index (χ2n) is 6.06. The van der Waals surface area contributed by atoms with Crippen molar-refractivity contribution in [1.29, 1.82) is 0 Å². The lowest BCUT2D eigenvalue weighted by Gasteiger charge is -2.29. The Balaban J connectivity index is 1.77. The van der Waals surface area contributed by atoms with E-state index in [1.54, 1.807) is 0 Å². The molecule has 1 aromatic rings. The summed E-state index contributed by atoms with van der Waals surface area (Å²) in [6, 6.07) is 5.93. The summed E-state index contributed by atoms with van der Waals surface area (Å²) in [7, 11) is 0. The largest absolute Gasteiger partial charge is 0.493 e. The van der Waals surface area contributed by atoms with Gasteiger partial charge in [0.1, 0.15) is 5.75 Å². The summed E-state index contributed by atoms with van der Waals surface area (Å²) in [4.78, 5) is 15.2. The second-order valence-corrected chi connectivity index (χ2v) is 6.06. The Kier molecular flexibility index (Phi) is 4.06. The van der Waals surface area contributed by atoms with Crippen LogP contribution in [-0.2, 0) is 0 Å². The molecule has 108 valence electrons. The van der Waals surface area contributed by atoms with Crippen LogP contribution in [0, 0.1) is 12.8 Å². The number of aryl methyl sites for hydroxylation is 1. The molecule has 0 spiro atoms. The number of rotatable bonds is 2. The van der Waals surface area contributed by atoms with E-state index in [4.69, 9.17) is 4.74 Å². The Bertz CT molecular complexity index is 492. The minimum absolute atomic E-state index is 0.0937. The van der Waals surface area contributed by atoms with Crippen molar-refractivity contribution in [2.45, 2.75) is 32.6 Å². The van der Waals surface area contributed by atoms with Crippen LogP contribution in [0.2, 0.25) is 0 Å². The first-order valence-corrected chi connectivity index (χ1v) is 7.74. The van der Waals surface area contributed by atoms with E-state index in [0.29, 0.717) is 6.61 Å². The first-order valence-electron chi connectivity index (χ1n) is 7.74. The molecule has 1 atom stereocenters. The lowest BCUT2D eigenvalue weighted by Crippen LogP contribution is -2.36. The summed E-state index contributed by atoms with van der Waals surface area (Å²) in [5.74, 6) is 1.13. The van der Waals surface area contributed by atoms with Crippen LogP contribution in [0.1, 0.15) is 41.6 Å². The molecule has 3 nitrogen and oxygen atoms in total. The Morgan fingerprint density at radius 1 is 1.25 bits per heavy atom. The predicted octanol–water partition coefficient (Wildman–Crippen LogP) is 3.06. The van der Waals surface area contributed by atoms with Crippen molar-refractivity contribution in [1.82, 2.24) is 4.90 Å². The number of carbonyl (C=O) groups excluding carboxylic acids is 1. The topological polar surface area (TPSA) is 29.5 Å². The van der Waals surface area contributed by atoms with E-state index in [0.717, 1.165) is 42.9 Å². The van der Waals surface area contributed by atoms with Crippen LogP contribution in [0.5, 0.6) is 5.75 Å². The number of ether oxygens (including phenoxy) is 1. The molecule has 3 rings (SSSR count). The van der Waals surface area contributed by atoms with Crippen LogP contribution >= 0.6 is 0 Å². The zero-order valence-electron chi connectivity index (χ0n) is 12.2. The minimum atomic E-state index is 0.0937. The Labute approximate surface area is 120 Å². The van der Waals surface area contributed by atoms with Gasteiger partial charge in [-0.1, -0.05) is 18.1 Å². The molecule has 1 fully saturated rings. The van der Waals surface area contributed by atoms with Gasteiger partial charge in [0, 0.05) is 12.5 Å². The van der Waals surface area contributed by atoms with Crippen molar-refractivity contribution in [3.8, 4) is 5.75 Å². The molecule has 1 saturated heterocycles. The quantitative estimate of drug-likeness (QED) is 0.829. The fourth-order valence-corrected chi connectivity index (χ4v) is 3.25. The number of nitrogens with zero attached hydrogens (tertiary/aromatic N) is 1. The molecule has 0 aliphatic carbocycles. The lowest BCUT2D eigenvalue weighted by molar-refractivity contribution is 0.0859. The number of piperidine rings is 1. The molecule has 2 heterocycles. The number of ketones is 1. The van der Waals surface area contributed by atoms with Gasteiger partial charge in [-0.3, -0.25) is 4.79 Å². The van der Waals surface area contributed by atoms with Gasteiger partial charge >= 0.3 is 0 Å². The summed E-state index contributed by atoms with van der Waals surface area (Å²) in [6.45, 7) is 5.87. The maximum Gasteiger partial charge on any atom is 0.171 e. The van der Waals surface area contributed by atoms with Crippen LogP contribution in [0.4, 0.5) is 0 Å². The predicted molar refractivity (Wildman–Crippen MR) is 79.4 cm³/mol. The maximum atomic E-state index is 12.8. The van der Waals surface area contributed by atoms with E-state index in [1.807, 2.05) is 25.1 Å². The van der Waals surface area contributed by atoms with E-state index < -0.39 is 0 Å². The van der Waals surface area contributed by atoms with Gasteiger partial charge < -0.3 is 9.64 Å². The molecule has 0 N–H and O–H groups in total. The third kappa shape index (κ3) is 2.88. The molecular formula is C17H23NO2. The summed E-state index contributed by atoms with van der Waals surface area (Å²) >= 11 is 0. The Hall–Kier alpha value is -1.35. The van der Waals surface area contributed by atoms with Gasteiger partial charge in [0.25, 0.3) is 0 Å². The zero-order valence-corrected chi connectivity index (χ0v) is 12.2. The molecule has 1 unspecified atom stereocenters. The number of carbonyl (C=O) groups is 1. The summed E-state index contributed by atoms with van der Waals surface area (Å²) in [5, 5.41) is 0. The molecular weight excluding hydrogens is 250 g/mol. The number of fused-ring (bicyclic) bond motifs is 1. The van der Waals surface area contributed by atoms with Crippen LogP contribution in [-0.4, -0.2) is 36.9 Å². The fourth-order valence-electron chi connectivity index (χ4n) is 3.25. The number of benzene rings is 1. The number of Topliss-reactive ketones (excluding diaryl/α,β-unsaturated/α-hetero) is 1. The highest BCUT2D eigenvalue weighted by Crippen LogP contribution is 2.28. The molecule has 0 radical (unpaired) electrons. The first-order chi connectivity index (χ1) is 9.74. The molecule has 1 aromatic carbocycles. The summed E-state index contributed by atoms with van der Waals surface area (Å²) < 4.78 is 5.75.